The summed E-state index contributed by atoms with van der Waals surface area (Å²) in [6.45, 7) is 3.98. The average Bonchev–Trinajstić information content (AvgIpc) is 2.87. The summed E-state index contributed by atoms with van der Waals surface area (Å²) in [7, 11) is 0. The highest BCUT2D eigenvalue weighted by Gasteiger charge is 2.35. The number of carboxylic acid groups (broad SMARTS) is 1. The van der Waals surface area contributed by atoms with Crippen molar-refractivity contribution in [1.29, 1.82) is 0 Å². The van der Waals surface area contributed by atoms with Crippen LogP contribution in [0, 0.1) is 0 Å². The fourth-order valence-corrected chi connectivity index (χ4v) is 3.56. The standard InChI is InChI=1S/C14H15BrO4/c1-6-3-8-9(5-11(16)17)13-10(4-7(2)18-13)12(15)14(8)19-6/h6-7H,3-5H2,1-2H3,(H,16,17). The van der Waals surface area contributed by atoms with Crippen LogP contribution < -0.4 is 9.47 Å². The molecule has 0 fully saturated rings. The first kappa shape index (κ1) is 12.8. The third-order valence-corrected chi connectivity index (χ3v) is 4.44. The van der Waals surface area contributed by atoms with E-state index in [-0.39, 0.29) is 18.6 Å². The van der Waals surface area contributed by atoms with Crippen molar-refractivity contribution < 1.29 is 19.4 Å². The van der Waals surface area contributed by atoms with Crippen LogP contribution in [-0.4, -0.2) is 23.3 Å². The van der Waals surface area contributed by atoms with Crippen LogP contribution >= 0.6 is 15.9 Å². The van der Waals surface area contributed by atoms with Gasteiger partial charge in [0.1, 0.15) is 23.7 Å². The first-order valence-electron chi connectivity index (χ1n) is 6.38. The third-order valence-electron chi connectivity index (χ3n) is 3.60. The number of rotatable bonds is 2. The molecule has 102 valence electrons. The minimum absolute atomic E-state index is 0.0131. The predicted octanol–water partition coefficient (Wildman–Crippen LogP) is 2.72. The highest BCUT2D eigenvalue weighted by Crippen LogP contribution is 2.49. The molecule has 1 N–H and O–H groups in total. The Morgan fingerprint density at radius 3 is 2.42 bits per heavy atom. The number of benzene rings is 1. The topological polar surface area (TPSA) is 55.8 Å². The second-order valence-corrected chi connectivity index (χ2v) is 6.04. The second-order valence-electron chi connectivity index (χ2n) is 5.24. The molecule has 3 rings (SSSR count). The second kappa shape index (κ2) is 4.40. The van der Waals surface area contributed by atoms with Crippen molar-refractivity contribution in [3.8, 4) is 11.5 Å². The van der Waals surface area contributed by atoms with E-state index >= 15 is 0 Å². The molecule has 0 amide bonds. The number of hydrogen-bond acceptors (Lipinski definition) is 3. The maximum Gasteiger partial charge on any atom is 0.307 e. The summed E-state index contributed by atoms with van der Waals surface area (Å²) in [5.41, 5.74) is 2.81. The molecule has 0 saturated carbocycles. The number of halogens is 1. The van der Waals surface area contributed by atoms with Gasteiger partial charge in [-0.1, -0.05) is 0 Å². The molecule has 19 heavy (non-hydrogen) atoms. The highest BCUT2D eigenvalue weighted by atomic mass is 79.9. The number of carboxylic acids is 1. The molecule has 0 aromatic heterocycles. The lowest BCUT2D eigenvalue weighted by molar-refractivity contribution is -0.136. The molecular weight excluding hydrogens is 312 g/mol. The summed E-state index contributed by atoms with van der Waals surface area (Å²) in [5, 5.41) is 9.12. The van der Waals surface area contributed by atoms with Gasteiger partial charge in [-0.3, -0.25) is 4.79 Å². The van der Waals surface area contributed by atoms with E-state index in [4.69, 9.17) is 14.6 Å². The van der Waals surface area contributed by atoms with Crippen molar-refractivity contribution in [3.63, 3.8) is 0 Å². The zero-order valence-electron chi connectivity index (χ0n) is 10.8. The summed E-state index contributed by atoms with van der Waals surface area (Å²) in [4.78, 5) is 11.1. The molecule has 2 aliphatic heterocycles. The van der Waals surface area contributed by atoms with Crippen LogP contribution in [0.4, 0.5) is 0 Å². The number of carbonyl (C=O) groups is 1. The van der Waals surface area contributed by atoms with Gasteiger partial charge in [-0.25, -0.2) is 0 Å². The number of fused-ring (bicyclic) bond motifs is 2. The molecule has 5 heteroatoms. The van der Waals surface area contributed by atoms with E-state index in [2.05, 4.69) is 15.9 Å². The predicted molar refractivity (Wildman–Crippen MR) is 73.1 cm³/mol. The van der Waals surface area contributed by atoms with Gasteiger partial charge >= 0.3 is 5.97 Å². The molecule has 0 saturated heterocycles. The Labute approximate surface area is 119 Å². The number of ether oxygens (including phenoxy) is 2. The first-order valence-corrected chi connectivity index (χ1v) is 7.17. The van der Waals surface area contributed by atoms with Crippen molar-refractivity contribution in [2.75, 3.05) is 0 Å². The van der Waals surface area contributed by atoms with Crippen LogP contribution in [0.1, 0.15) is 30.5 Å². The summed E-state index contributed by atoms with van der Waals surface area (Å²) in [5.74, 6) is 0.716. The Bertz CT molecular complexity index is 528. The van der Waals surface area contributed by atoms with Crippen molar-refractivity contribution in [2.24, 2.45) is 0 Å². The van der Waals surface area contributed by atoms with Gasteiger partial charge < -0.3 is 14.6 Å². The SMILES string of the molecule is CC1Cc2c(CC(=O)O)c3c(c(Br)c2O1)CC(C)O3. The Morgan fingerprint density at radius 1 is 1.21 bits per heavy atom. The first-order chi connectivity index (χ1) is 8.97. The van der Waals surface area contributed by atoms with Gasteiger partial charge in [-0.2, -0.15) is 0 Å². The number of aliphatic carboxylic acids is 1. The molecule has 0 radical (unpaired) electrons. The molecule has 0 aliphatic carbocycles. The van der Waals surface area contributed by atoms with Crippen molar-refractivity contribution in [2.45, 2.75) is 45.3 Å². The van der Waals surface area contributed by atoms with Crippen LogP contribution in [-0.2, 0) is 24.1 Å². The Kier molecular flexibility index (Phi) is 2.96. The molecule has 2 atom stereocenters. The molecule has 1 aromatic carbocycles. The van der Waals surface area contributed by atoms with Gasteiger partial charge in [0.05, 0.1) is 10.9 Å². The van der Waals surface area contributed by atoms with Crippen LogP contribution in [0.3, 0.4) is 0 Å². The maximum atomic E-state index is 11.1. The van der Waals surface area contributed by atoms with E-state index in [1.807, 2.05) is 13.8 Å². The molecule has 0 spiro atoms. The van der Waals surface area contributed by atoms with E-state index in [1.165, 1.54) is 0 Å². The van der Waals surface area contributed by atoms with Gasteiger partial charge in [0.15, 0.2) is 0 Å². The fraction of sp³-hybridized carbons (Fsp3) is 0.500. The minimum Gasteiger partial charge on any atom is -0.490 e. The monoisotopic (exact) mass is 326 g/mol. The van der Waals surface area contributed by atoms with Gasteiger partial charge in [-0.05, 0) is 29.8 Å². The largest absolute Gasteiger partial charge is 0.490 e. The lowest BCUT2D eigenvalue weighted by Gasteiger charge is -2.13. The van der Waals surface area contributed by atoms with Crippen molar-refractivity contribution in [1.82, 2.24) is 0 Å². The Morgan fingerprint density at radius 2 is 1.79 bits per heavy atom. The van der Waals surface area contributed by atoms with E-state index in [1.54, 1.807) is 0 Å². The van der Waals surface area contributed by atoms with Crippen LogP contribution in [0.15, 0.2) is 4.47 Å². The van der Waals surface area contributed by atoms with E-state index in [9.17, 15) is 4.79 Å². The molecule has 4 nitrogen and oxygen atoms in total. The molecular formula is C14H15BrO4. The zero-order valence-corrected chi connectivity index (χ0v) is 12.4. The molecule has 2 heterocycles. The summed E-state index contributed by atoms with van der Waals surface area (Å²) >= 11 is 3.59. The molecule has 2 aliphatic rings. The van der Waals surface area contributed by atoms with Crippen LogP contribution in [0.2, 0.25) is 0 Å². The van der Waals surface area contributed by atoms with Crippen molar-refractivity contribution >= 4 is 21.9 Å². The molecule has 1 aromatic rings. The Hall–Kier alpha value is -1.23. The summed E-state index contributed by atoms with van der Waals surface area (Å²) in [6, 6.07) is 0. The highest BCUT2D eigenvalue weighted by molar-refractivity contribution is 9.10. The average molecular weight is 327 g/mol. The summed E-state index contributed by atoms with van der Waals surface area (Å²) < 4.78 is 12.6. The van der Waals surface area contributed by atoms with Crippen LogP contribution in [0.5, 0.6) is 11.5 Å². The molecule has 2 unspecified atom stereocenters. The lowest BCUT2D eigenvalue weighted by Crippen LogP contribution is -2.09. The van der Waals surface area contributed by atoms with Gasteiger partial charge in [0.25, 0.3) is 0 Å². The summed E-state index contributed by atoms with van der Waals surface area (Å²) in [6.07, 6.45) is 1.67. The quantitative estimate of drug-likeness (QED) is 0.907. The normalized spacial score (nSPS) is 23.5. The maximum absolute atomic E-state index is 11.1. The van der Waals surface area contributed by atoms with Gasteiger partial charge in [0, 0.05) is 29.5 Å². The van der Waals surface area contributed by atoms with Gasteiger partial charge in [0.2, 0.25) is 0 Å². The minimum atomic E-state index is -0.838. The smallest absolute Gasteiger partial charge is 0.307 e. The fourth-order valence-electron chi connectivity index (χ4n) is 2.89. The van der Waals surface area contributed by atoms with E-state index in [0.717, 1.165) is 45.5 Å². The van der Waals surface area contributed by atoms with Crippen LogP contribution in [0.25, 0.3) is 0 Å². The zero-order chi connectivity index (χ0) is 13.7. The van der Waals surface area contributed by atoms with Crippen molar-refractivity contribution in [3.05, 3.63) is 21.2 Å². The number of hydrogen-bond donors (Lipinski definition) is 1. The van der Waals surface area contributed by atoms with E-state index < -0.39 is 5.97 Å². The van der Waals surface area contributed by atoms with Gasteiger partial charge in [-0.15, -0.1) is 0 Å². The third kappa shape index (κ3) is 2.00. The molecule has 0 bridgehead atoms. The van der Waals surface area contributed by atoms with E-state index in [0.29, 0.717) is 0 Å². The lowest BCUT2D eigenvalue weighted by atomic mass is 9.96. The Balaban J connectivity index is 2.20.